The lowest BCUT2D eigenvalue weighted by Crippen LogP contribution is -2.08. The fourth-order valence-corrected chi connectivity index (χ4v) is 2.61. The summed E-state index contributed by atoms with van der Waals surface area (Å²) in [6.45, 7) is 1.32. The normalized spacial score (nSPS) is 9.67. The average molecular weight is 396 g/mol. The number of hydrogen-bond acceptors (Lipinski definition) is 5. The van der Waals surface area contributed by atoms with Crippen LogP contribution < -0.4 is 14.2 Å². The van der Waals surface area contributed by atoms with Crippen LogP contribution in [-0.2, 0) is 6.61 Å². The fourth-order valence-electron chi connectivity index (χ4n) is 2.61. The van der Waals surface area contributed by atoms with Crippen molar-refractivity contribution in [2.75, 3.05) is 13.2 Å². The highest BCUT2D eigenvalue weighted by molar-refractivity contribution is 5.62. The van der Waals surface area contributed by atoms with Crippen molar-refractivity contribution in [3.05, 3.63) is 95.6 Å². The topological polar surface area (TPSA) is 75.3 Å². The zero-order valence-corrected chi connectivity index (χ0v) is 16.3. The molecule has 0 saturated carbocycles. The number of ether oxygens (including phenoxy) is 3. The molecule has 0 aliphatic rings. The van der Waals surface area contributed by atoms with E-state index in [1.54, 1.807) is 24.3 Å². The molecule has 3 aromatic rings. The first-order valence-corrected chi connectivity index (χ1v) is 9.41. The van der Waals surface area contributed by atoms with Crippen LogP contribution in [0.2, 0.25) is 0 Å². The number of benzene rings is 3. The molecule has 0 fully saturated rings. The molecular weight excluding hydrogens is 376 g/mol. The molecule has 0 amide bonds. The van der Waals surface area contributed by atoms with Gasteiger partial charge in [0.2, 0.25) is 0 Å². The maximum Gasteiger partial charge on any atom is 0.130 e. The van der Waals surface area contributed by atoms with E-state index < -0.39 is 0 Å². The Hall–Kier alpha value is -4.22. The zero-order chi connectivity index (χ0) is 21.0. The van der Waals surface area contributed by atoms with E-state index in [4.69, 9.17) is 24.7 Å². The number of nitrogens with zero attached hydrogens (tertiary/aromatic N) is 2. The number of allylic oxidation sites excluding steroid dienone is 1. The van der Waals surface area contributed by atoms with E-state index in [0.29, 0.717) is 25.6 Å². The Morgan fingerprint density at radius 1 is 0.667 bits per heavy atom. The first-order chi connectivity index (χ1) is 14.8. The van der Waals surface area contributed by atoms with Gasteiger partial charge in [0, 0.05) is 0 Å². The quantitative estimate of drug-likeness (QED) is 0.369. The second-order valence-electron chi connectivity index (χ2n) is 6.29. The second-order valence-corrected chi connectivity index (χ2v) is 6.29. The van der Waals surface area contributed by atoms with Gasteiger partial charge < -0.3 is 14.2 Å². The van der Waals surface area contributed by atoms with Crippen LogP contribution in [0.3, 0.4) is 0 Å². The predicted molar refractivity (Wildman–Crippen MR) is 114 cm³/mol. The van der Waals surface area contributed by atoms with Crippen molar-refractivity contribution in [2.45, 2.75) is 6.61 Å². The summed E-state index contributed by atoms with van der Waals surface area (Å²) in [5.74, 6) is 2.22. The molecule has 0 saturated heterocycles. The van der Waals surface area contributed by atoms with Gasteiger partial charge in [-0.15, -0.1) is 0 Å². The van der Waals surface area contributed by atoms with Crippen molar-refractivity contribution in [1.82, 2.24) is 0 Å². The van der Waals surface area contributed by atoms with Crippen LogP contribution in [0.1, 0.15) is 11.1 Å². The summed E-state index contributed by atoms with van der Waals surface area (Å²) in [6.07, 6.45) is 1.53. The molecular formula is C25H20N2O3. The van der Waals surface area contributed by atoms with Gasteiger partial charge in [0.15, 0.2) is 0 Å². The van der Waals surface area contributed by atoms with Crippen LogP contribution in [-0.4, -0.2) is 13.2 Å². The van der Waals surface area contributed by atoms with Crippen LogP contribution in [0, 0.1) is 22.7 Å². The minimum Gasteiger partial charge on any atom is -0.490 e. The van der Waals surface area contributed by atoms with Gasteiger partial charge in [-0.1, -0.05) is 42.5 Å². The lowest BCUT2D eigenvalue weighted by atomic mass is 10.1. The summed E-state index contributed by atoms with van der Waals surface area (Å²) in [4.78, 5) is 0. The van der Waals surface area contributed by atoms with Crippen molar-refractivity contribution in [1.29, 1.82) is 10.5 Å². The molecule has 3 aromatic carbocycles. The van der Waals surface area contributed by atoms with E-state index in [2.05, 4.69) is 0 Å². The van der Waals surface area contributed by atoms with E-state index in [9.17, 15) is 0 Å². The molecule has 3 rings (SSSR count). The highest BCUT2D eigenvalue weighted by Crippen LogP contribution is 2.19. The van der Waals surface area contributed by atoms with Gasteiger partial charge in [-0.25, -0.2) is 0 Å². The molecule has 0 unspecified atom stereocenters. The lowest BCUT2D eigenvalue weighted by molar-refractivity contribution is 0.217. The van der Waals surface area contributed by atoms with Crippen molar-refractivity contribution in [3.8, 4) is 29.4 Å². The van der Waals surface area contributed by atoms with Crippen molar-refractivity contribution < 1.29 is 14.2 Å². The molecule has 0 N–H and O–H groups in total. The minimum atomic E-state index is 0.0635. The highest BCUT2D eigenvalue weighted by Gasteiger charge is 2.00. The summed E-state index contributed by atoms with van der Waals surface area (Å²) < 4.78 is 17.1. The van der Waals surface area contributed by atoms with Gasteiger partial charge in [-0.3, -0.25) is 0 Å². The minimum absolute atomic E-state index is 0.0635. The predicted octanol–water partition coefficient (Wildman–Crippen LogP) is 5.15. The summed E-state index contributed by atoms with van der Waals surface area (Å²) in [5, 5.41) is 17.6. The van der Waals surface area contributed by atoms with Gasteiger partial charge in [0.05, 0.1) is 0 Å². The van der Waals surface area contributed by atoms with Gasteiger partial charge >= 0.3 is 0 Å². The second kappa shape index (κ2) is 10.9. The molecule has 0 aliphatic carbocycles. The lowest BCUT2D eigenvalue weighted by Gasteiger charge is -2.10. The number of hydrogen-bond donors (Lipinski definition) is 0. The van der Waals surface area contributed by atoms with E-state index in [-0.39, 0.29) is 5.57 Å². The van der Waals surface area contributed by atoms with Gasteiger partial charge in [0.25, 0.3) is 0 Å². The summed E-state index contributed by atoms with van der Waals surface area (Å²) in [6, 6.07) is 28.3. The number of nitriles is 2. The smallest absolute Gasteiger partial charge is 0.130 e. The Bertz CT molecular complexity index is 1030. The zero-order valence-electron chi connectivity index (χ0n) is 16.3. The molecule has 0 atom stereocenters. The van der Waals surface area contributed by atoms with Crippen LogP contribution in [0.5, 0.6) is 17.2 Å². The SMILES string of the molecule is N#CC(C#N)=Cc1ccc(OCCOc2ccc(OCc3ccccc3)cc2)cc1. The first kappa shape index (κ1) is 20.5. The van der Waals surface area contributed by atoms with Crippen LogP contribution >= 0.6 is 0 Å². The van der Waals surface area contributed by atoms with E-state index in [0.717, 1.165) is 22.6 Å². The monoisotopic (exact) mass is 396 g/mol. The summed E-state index contributed by atoms with van der Waals surface area (Å²) in [7, 11) is 0. The molecule has 0 aliphatic heterocycles. The third kappa shape index (κ3) is 6.44. The fraction of sp³-hybridized carbons (Fsp3) is 0.120. The van der Waals surface area contributed by atoms with Crippen molar-refractivity contribution in [2.24, 2.45) is 0 Å². The molecule has 0 bridgehead atoms. The van der Waals surface area contributed by atoms with Crippen molar-refractivity contribution in [3.63, 3.8) is 0 Å². The van der Waals surface area contributed by atoms with E-state index in [1.807, 2.05) is 66.7 Å². The maximum atomic E-state index is 8.78. The van der Waals surface area contributed by atoms with Gasteiger partial charge in [-0.05, 0) is 53.6 Å². The Kier molecular flexibility index (Phi) is 7.48. The maximum absolute atomic E-state index is 8.78. The van der Waals surface area contributed by atoms with Crippen molar-refractivity contribution >= 4 is 6.08 Å². The molecule has 0 aromatic heterocycles. The van der Waals surface area contributed by atoms with Gasteiger partial charge in [0.1, 0.15) is 54.8 Å². The summed E-state index contributed by atoms with van der Waals surface area (Å²) in [5.41, 5.74) is 1.95. The molecule has 5 nitrogen and oxygen atoms in total. The third-order valence-corrected chi connectivity index (χ3v) is 4.12. The van der Waals surface area contributed by atoms with E-state index >= 15 is 0 Å². The van der Waals surface area contributed by atoms with Gasteiger partial charge in [-0.2, -0.15) is 10.5 Å². The first-order valence-electron chi connectivity index (χ1n) is 9.41. The Labute approximate surface area is 176 Å². The van der Waals surface area contributed by atoms with E-state index in [1.165, 1.54) is 6.08 Å². The van der Waals surface area contributed by atoms with Crippen LogP contribution in [0.25, 0.3) is 6.08 Å². The Balaban J connectivity index is 1.40. The third-order valence-electron chi connectivity index (χ3n) is 4.12. The Morgan fingerprint density at radius 2 is 1.17 bits per heavy atom. The summed E-state index contributed by atoms with van der Waals surface area (Å²) >= 11 is 0. The molecule has 148 valence electrons. The molecule has 0 radical (unpaired) electrons. The molecule has 0 heterocycles. The van der Waals surface area contributed by atoms with Crippen LogP contribution in [0.4, 0.5) is 0 Å². The molecule has 30 heavy (non-hydrogen) atoms. The molecule has 0 spiro atoms. The largest absolute Gasteiger partial charge is 0.490 e. The molecule has 5 heteroatoms. The Morgan fingerprint density at radius 3 is 1.70 bits per heavy atom. The highest BCUT2D eigenvalue weighted by atomic mass is 16.5. The standard InChI is InChI=1S/C25H20N2O3/c26-17-22(18-27)16-20-6-8-23(9-7-20)28-14-15-29-24-10-12-25(13-11-24)30-19-21-4-2-1-3-5-21/h1-13,16H,14-15,19H2. The number of rotatable bonds is 9. The average Bonchev–Trinajstić information content (AvgIpc) is 2.81. The van der Waals surface area contributed by atoms with Crippen LogP contribution in [0.15, 0.2) is 84.4 Å².